The van der Waals surface area contributed by atoms with Gasteiger partial charge in [-0.25, -0.2) is 0 Å². The Bertz CT molecular complexity index is 710. The molecule has 2 heterocycles. The summed E-state index contributed by atoms with van der Waals surface area (Å²) in [4.78, 5) is 28.3. The van der Waals surface area contributed by atoms with Crippen molar-refractivity contribution < 1.29 is 14.0 Å². The first-order valence-electron chi connectivity index (χ1n) is 9.28. The lowest BCUT2D eigenvalue weighted by Gasteiger charge is -2.34. The van der Waals surface area contributed by atoms with Gasteiger partial charge in [-0.3, -0.25) is 19.4 Å². The van der Waals surface area contributed by atoms with Crippen LogP contribution in [0.5, 0.6) is 0 Å². The van der Waals surface area contributed by atoms with Crippen molar-refractivity contribution in [3.8, 4) is 0 Å². The normalized spacial score (nSPS) is 15.4. The van der Waals surface area contributed by atoms with Gasteiger partial charge in [0.1, 0.15) is 0 Å². The van der Waals surface area contributed by atoms with Gasteiger partial charge in [0.15, 0.2) is 5.76 Å². The fourth-order valence-corrected chi connectivity index (χ4v) is 3.08. The monoisotopic (exact) mass is 370 g/mol. The number of benzene rings is 1. The van der Waals surface area contributed by atoms with Gasteiger partial charge in [-0.15, -0.1) is 0 Å². The number of nitrogens with one attached hydrogen (secondary N) is 2. The number of piperazine rings is 1. The fraction of sp³-hybridized carbons (Fsp3) is 0.400. The standard InChI is InChI=1S/C20H26N4O3/c25-19(21-8-9-22-20(26)18-7-4-14-27-18)16-24-12-10-23(11-13-24)15-17-5-2-1-3-6-17/h1-7,14H,8-13,15-16H2,(H,21,25)(H,22,26). The van der Waals surface area contributed by atoms with E-state index in [1.54, 1.807) is 12.1 Å². The van der Waals surface area contributed by atoms with Crippen LogP contribution in [0.3, 0.4) is 0 Å². The Labute approximate surface area is 159 Å². The predicted octanol–water partition coefficient (Wildman–Crippen LogP) is 0.943. The van der Waals surface area contributed by atoms with Crippen LogP contribution in [0, 0.1) is 0 Å². The Kier molecular flexibility index (Phi) is 7.01. The molecule has 0 unspecified atom stereocenters. The van der Waals surface area contributed by atoms with E-state index in [9.17, 15) is 9.59 Å². The topological polar surface area (TPSA) is 77.8 Å². The zero-order valence-corrected chi connectivity index (χ0v) is 15.4. The van der Waals surface area contributed by atoms with E-state index in [4.69, 9.17) is 4.42 Å². The largest absolute Gasteiger partial charge is 0.459 e. The van der Waals surface area contributed by atoms with Gasteiger partial charge in [-0.2, -0.15) is 0 Å². The molecule has 0 bridgehead atoms. The lowest BCUT2D eigenvalue weighted by Crippen LogP contribution is -2.49. The second-order valence-corrected chi connectivity index (χ2v) is 6.62. The molecule has 7 nitrogen and oxygen atoms in total. The first-order chi connectivity index (χ1) is 13.2. The van der Waals surface area contributed by atoms with Gasteiger partial charge in [0.05, 0.1) is 12.8 Å². The van der Waals surface area contributed by atoms with Crippen LogP contribution < -0.4 is 10.6 Å². The van der Waals surface area contributed by atoms with Crippen molar-refractivity contribution in [3.05, 3.63) is 60.1 Å². The molecule has 1 fully saturated rings. The van der Waals surface area contributed by atoms with Gasteiger partial charge in [0.2, 0.25) is 5.91 Å². The van der Waals surface area contributed by atoms with Gasteiger partial charge in [0.25, 0.3) is 5.91 Å². The van der Waals surface area contributed by atoms with Crippen LogP contribution in [0.1, 0.15) is 16.1 Å². The zero-order chi connectivity index (χ0) is 18.9. The highest BCUT2D eigenvalue weighted by molar-refractivity contribution is 5.91. The van der Waals surface area contributed by atoms with Crippen LogP contribution in [0.15, 0.2) is 53.1 Å². The molecule has 0 aliphatic carbocycles. The molecular weight excluding hydrogens is 344 g/mol. The van der Waals surface area contributed by atoms with Gasteiger partial charge < -0.3 is 15.1 Å². The van der Waals surface area contributed by atoms with Crippen molar-refractivity contribution in [3.63, 3.8) is 0 Å². The molecule has 1 aliphatic rings. The van der Waals surface area contributed by atoms with Crippen LogP contribution in [-0.4, -0.2) is 67.4 Å². The maximum Gasteiger partial charge on any atom is 0.287 e. The molecule has 3 rings (SSSR count). The number of carbonyl (C=O) groups is 2. The quantitative estimate of drug-likeness (QED) is 0.677. The third-order valence-electron chi connectivity index (χ3n) is 4.56. The van der Waals surface area contributed by atoms with E-state index in [1.165, 1.54) is 11.8 Å². The Morgan fingerprint density at radius 2 is 1.59 bits per heavy atom. The zero-order valence-electron chi connectivity index (χ0n) is 15.4. The van der Waals surface area contributed by atoms with E-state index in [1.807, 2.05) is 6.07 Å². The lowest BCUT2D eigenvalue weighted by molar-refractivity contribution is -0.122. The molecule has 1 aliphatic heterocycles. The highest BCUT2D eigenvalue weighted by atomic mass is 16.3. The number of rotatable bonds is 8. The van der Waals surface area contributed by atoms with Crippen LogP contribution in [0.25, 0.3) is 0 Å². The average Bonchev–Trinajstić information content (AvgIpc) is 3.22. The van der Waals surface area contributed by atoms with E-state index in [0.717, 1.165) is 32.7 Å². The van der Waals surface area contributed by atoms with E-state index < -0.39 is 0 Å². The molecule has 2 amide bonds. The summed E-state index contributed by atoms with van der Waals surface area (Å²) < 4.78 is 5.01. The van der Waals surface area contributed by atoms with Crippen LogP contribution >= 0.6 is 0 Å². The molecule has 1 aromatic carbocycles. The second-order valence-electron chi connectivity index (χ2n) is 6.62. The summed E-state index contributed by atoms with van der Waals surface area (Å²) in [7, 11) is 0. The number of hydrogen-bond acceptors (Lipinski definition) is 5. The third kappa shape index (κ3) is 6.23. The highest BCUT2D eigenvalue weighted by Gasteiger charge is 2.18. The highest BCUT2D eigenvalue weighted by Crippen LogP contribution is 2.08. The van der Waals surface area contributed by atoms with Gasteiger partial charge >= 0.3 is 0 Å². The fourth-order valence-electron chi connectivity index (χ4n) is 3.08. The molecular formula is C20H26N4O3. The molecule has 2 N–H and O–H groups in total. The minimum atomic E-state index is -0.274. The van der Waals surface area contributed by atoms with Crippen molar-refractivity contribution in [1.29, 1.82) is 0 Å². The van der Waals surface area contributed by atoms with Crippen LogP contribution in [0.4, 0.5) is 0 Å². The van der Waals surface area contributed by atoms with Gasteiger partial charge in [0, 0.05) is 45.8 Å². The number of amides is 2. The first-order valence-corrected chi connectivity index (χ1v) is 9.28. The van der Waals surface area contributed by atoms with E-state index in [0.29, 0.717) is 19.6 Å². The number of nitrogens with zero attached hydrogens (tertiary/aromatic N) is 2. The SMILES string of the molecule is O=C(CN1CCN(Cc2ccccc2)CC1)NCCNC(=O)c1ccco1. The summed E-state index contributed by atoms with van der Waals surface area (Å²) in [5.41, 5.74) is 1.32. The summed E-state index contributed by atoms with van der Waals surface area (Å²) >= 11 is 0. The molecule has 1 saturated heterocycles. The molecule has 1 aromatic heterocycles. The minimum Gasteiger partial charge on any atom is -0.459 e. The van der Waals surface area contributed by atoms with E-state index in [-0.39, 0.29) is 17.6 Å². The molecule has 0 saturated carbocycles. The summed E-state index contributed by atoms with van der Waals surface area (Å²) in [6.07, 6.45) is 1.45. The van der Waals surface area contributed by atoms with Crippen molar-refractivity contribution >= 4 is 11.8 Å². The lowest BCUT2D eigenvalue weighted by atomic mass is 10.2. The number of carbonyl (C=O) groups excluding carboxylic acids is 2. The number of hydrogen-bond donors (Lipinski definition) is 2. The Hall–Kier alpha value is -2.64. The molecule has 7 heteroatoms. The van der Waals surface area contributed by atoms with Crippen molar-refractivity contribution in [2.45, 2.75) is 6.54 Å². The predicted molar refractivity (Wildman–Crippen MR) is 102 cm³/mol. The average molecular weight is 370 g/mol. The van der Waals surface area contributed by atoms with Gasteiger partial charge in [-0.05, 0) is 17.7 Å². The molecule has 144 valence electrons. The first kappa shape index (κ1) is 19.1. The molecule has 0 radical (unpaired) electrons. The summed E-state index contributed by atoms with van der Waals surface area (Å²) in [6.45, 7) is 5.81. The van der Waals surface area contributed by atoms with Gasteiger partial charge in [-0.1, -0.05) is 30.3 Å². The maximum atomic E-state index is 12.1. The Balaban J connectivity index is 1.27. The second kappa shape index (κ2) is 9.89. The smallest absolute Gasteiger partial charge is 0.287 e. The van der Waals surface area contributed by atoms with E-state index in [2.05, 4.69) is 44.7 Å². The molecule has 0 atom stereocenters. The van der Waals surface area contributed by atoms with Crippen LogP contribution in [-0.2, 0) is 11.3 Å². The number of furan rings is 1. The molecule has 2 aromatic rings. The van der Waals surface area contributed by atoms with Crippen molar-refractivity contribution in [2.75, 3.05) is 45.8 Å². The van der Waals surface area contributed by atoms with Crippen LogP contribution in [0.2, 0.25) is 0 Å². The summed E-state index contributed by atoms with van der Waals surface area (Å²) in [5, 5.41) is 5.55. The minimum absolute atomic E-state index is 0.0150. The van der Waals surface area contributed by atoms with E-state index >= 15 is 0 Å². The molecule has 0 spiro atoms. The van der Waals surface area contributed by atoms with Crippen molar-refractivity contribution in [1.82, 2.24) is 20.4 Å². The summed E-state index contributed by atoms with van der Waals surface area (Å²) in [5.74, 6) is -0.0164. The maximum absolute atomic E-state index is 12.1. The Morgan fingerprint density at radius 1 is 0.889 bits per heavy atom. The Morgan fingerprint density at radius 3 is 2.30 bits per heavy atom. The molecule has 27 heavy (non-hydrogen) atoms. The summed E-state index contributed by atoms with van der Waals surface area (Å²) in [6, 6.07) is 13.7. The van der Waals surface area contributed by atoms with Crippen molar-refractivity contribution in [2.24, 2.45) is 0 Å². The third-order valence-corrected chi connectivity index (χ3v) is 4.56.